The molecule has 0 unspecified atom stereocenters. The molecule has 0 bridgehead atoms. The number of hydrogen-bond acceptors (Lipinski definition) is 8. The molecule has 35 heavy (non-hydrogen) atoms. The second kappa shape index (κ2) is 8.17. The minimum absolute atomic E-state index is 0.0956. The average Bonchev–Trinajstić information content (AvgIpc) is 3.42. The van der Waals surface area contributed by atoms with Crippen LogP contribution in [0, 0.1) is 5.82 Å². The van der Waals surface area contributed by atoms with E-state index in [0.29, 0.717) is 42.8 Å². The SMILES string of the molecule is O=C1COc2ccc(-n3nc(CCCN[C@@H]4Cn5c(=O)ccc6ccc(F)c4c65)oc3=O)nc2N1. The maximum absolute atomic E-state index is 14.6. The lowest BCUT2D eigenvalue weighted by Gasteiger charge is -2.16. The van der Waals surface area contributed by atoms with Crippen molar-refractivity contribution in [3.05, 3.63) is 74.6 Å². The predicted octanol–water partition coefficient (Wildman–Crippen LogP) is 1.28. The molecule has 4 aromatic rings. The molecule has 2 N–H and O–H groups in total. The number of amides is 1. The van der Waals surface area contributed by atoms with Gasteiger partial charge in [-0.05, 0) is 48.7 Å². The number of pyridine rings is 2. The van der Waals surface area contributed by atoms with E-state index in [0.717, 1.165) is 10.1 Å². The van der Waals surface area contributed by atoms with Gasteiger partial charge in [0.25, 0.3) is 11.5 Å². The van der Waals surface area contributed by atoms with E-state index in [9.17, 15) is 18.8 Å². The van der Waals surface area contributed by atoms with Crippen LogP contribution in [0.25, 0.3) is 16.7 Å². The molecule has 12 heteroatoms. The molecule has 0 saturated heterocycles. The summed E-state index contributed by atoms with van der Waals surface area (Å²) in [5.41, 5.74) is 0.951. The van der Waals surface area contributed by atoms with Crippen molar-refractivity contribution in [1.29, 1.82) is 0 Å². The average molecular weight is 478 g/mol. The zero-order valence-corrected chi connectivity index (χ0v) is 18.3. The van der Waals surface area contributed by atoms with Crippen LogP contribution >= 0.6 is 0 Å². The summed E-state index contributed by atoms with van der Waals surface area (Å²) in [5.74, 6) is -0.382. The van der Waals surface area contributed by atoms with Gasteiger partial charge in [0, 0.05) is 24.6 Å². The van der Waals surface area contributed by atoms with Crippen LogP contribution in [0.5, 0.6) is 5.75 Å². The minimum atomic E-state index is -0.706. The van der Waals surface area contributed by atoms with Gasteiger partial charge in [-0.1, -0.05) is 0 Å². The van der Waals surface area contributed by atoms with E-state index in [1.807, 2.05) is 0 Å². The first-order chi connectivity index (χ1) is 17.0. The molecule has 6 rings (SSSR count). The fraction of sp³-hybridized carbons (Fsp3) is 0.261. The summed E-state index contributed by atoms with van der Waals surface area (Å²) in [6.07, 6.45) is 0.910. The van der Waals surface area contributed by atoms with Gasteiger partial charge in [-0.15, -0.1) is 9.78 Å². The molecule has 1 amide bonds. The third kappa shape index (κ3) is 3.67. The number of rotatable bonds is 6. The van der Waals surface area contributed by atoms with Crippen LogP contribution in [0.4, 0.5) is 10.2 Å². The van der Waals surface area contributed by atoms with Crippen LogP contribution in [-0.4, -0.2) is 38.4 Å². The van der Waals surface area contributed by atoms with E-state index in [-0.39, 0.29) is 47.5 Å². The van der Waals surface area contributed by atoms with Crippen molar-refractivity contribution in [2.45, 2.75) is 25.4 Å². The number of nitrogens with zero attached hydrogens (tertiary/aromatic N) is 4. The molecule has 0 fully saturated rings. The fourth-order valence-electron chi connectivity index (χ4n) is 4.50. The third-order valence-corrected chi connectivity index (χ3v) is 6.07. The molecule has 5 heterocycles. The standard InChI is InChI=1S/C23H19FN6O5/c24-13-5-3-12-4-8-19(32)29-10-14(20(13)21(12)29)25-9-1-2-18-28-30(23(33)35-18)16-7-6-15-22(26-16)27-17(31)11-34-15/h3-8,14,25H,1-2,9-11H2,(H,26,27,31)/t14-/m1/s1. The number of fused-ring (bicyclic) bond motifs is 1. The Morgan fingerprint density at radius 2 is 2.00 bits per heavy atom. The van der Waals surface area contributed by atoms with Gasteiger partial charge in [-0.3, -0.25) is 9.59 Å². The number of carbonyl (C=O) groups is 1. The maximum atomic E-state index is 14.6. The number of aromatic nitrogens is 4. The molecule has 0 radical (unpaired) electrons. The van der Waals surface area contributed by atoms with Crippen LogP contribution in [0.15, 0.2) is 50.4 Å². The number of benzene rings is 1. The van der Waals surface area contributed by atoms with E-state index >= 15 is 0 Å². The van der Waals surface area contributed by atoms with Gasteiger partial charge in [0.15, 0.2) is 24.0 Å². The van der Waals surface area contributed by atoms with E-state index in [2.05, 4.69) is 20.7 Å². The summed E-state index contributed by atoms with van der Waals surface area (Å²) in [6.45, 7) is 0.738. The molecule has 2 aliphatic rings. The predicted molar refractivity (Wildman–Crippen MR) is 121 cm³/mol. The van der Waals surface area contributed by atoms with E-state index in [1.54, 1.807) is 28.8 Å². The molecule has 3 aromatic heterocycles. The molecular formula is C23H19FN6O5. The highest BCUT2D eigenvalue weighted by molar-refractivity contribution is 5.94. The Bertz CT molecular complexity index is 1610. The number of aryl methyl sites for hydroxylation is 1. The summed E-state index contributed by atoms with van der Waals surface area (Å²) in [6, 6.07) is 9.07. The van der Waals surface area contributed by atoms with Gasteiger partial charge in [-0.25, -0.2) is 14.2 Å². The molecule has 11 nitrogen and oxygen atoms in total. The third-order valence-electron chi connectivity index (χ3n) is 6.07. The summed E-state index contributed by atoms with van der Waals surface area (Å²) in [4.78, 5) is 40.3. The second-order valence-corrected chi connectivity index (χ2v) is 8.32. The number of halogens is 1. The summed E-state index contributed by atoms with van der Waals surface area (Å²) in [7, 11) is 0. The molecular weight excluding hydrogens is 459 g/mol. The van der Waals surface area contributed by atoms with Gasteiger partial charge in [-0.2, -0.15) is 0 Å². The Balaban J connectivity index is 1.13. The minimum Gasteiger partial charge on any atom is -0.480 e. The van der Waals surface area contributed by atoms with Crippen molar-refractivity contribution in [2.24, 2.45) is 0 Å². The van der Waals surface area contributed by atoms with Gasteiger partial charge in [0.2, 0.25) is 5.89 Å². The van der Waals surface area contributed by atoms with Crippen molar-refractivity contribution in [3.8, 4) is 11.6 Å². The van der Waals surface area contributed by atoms with Crippen LogP contribution < -0.4 is 26.7 Å². The number of carbonyl (C=O) groups excluding carboxylic acids is 1. The van der Waals surface area contributed by atoms with Crippen molar-refractivity contribution < 1.29 is 18.3 Å². The van der Waals surface area contributed by atoms with Crippen molar-refractivity contribution in [1.82, 2.24) is 24.6 Å². The second-order valence-electron chi connectivity index (χ2n) is 8.32. The van der Waals surface area contributed by atoms with Crippen LogP contribution in [0.3, 0.4) is 0 Å². The first-order valence-electron chi connectivity index (χ1n) is 11.1. The number of anilines is 1. The largest absolute Gasteiger partial charge is 0.480 e. The highest BCUT2D eigenvalue weighted by Gasteiger charge is 2.28. The number of hydrogen-bond donors (Lipinski definition) is 2. The fourth-order valence-corrected chi connectivity index (χ4v) is 4.50. The van der Waals surface area contributed by atoms with Crippen LogP contribution in [-0.2, 0) is 17.8 Å². The zero-order valence-electron chi connectivity index (χ0n) is 18.3. The van der Waals surface area contributed by atoms with Crippen LogP contribution in [0.1, 0.15) is 23.9 Å². The van der Waals surface area contributed by atoms with Crippen molar-refractivity contribution in [2.75, 3.05) is 18.5 Å². The van der Waals surface area contributed by atoms with E-state index < -0.39 is 5.76 Å². The topological polar surface area (TPSA) is 133 Å². The Kier molecular flexibility index (Phi) is 4.95. The summed E-state index contributed by atoms with van der Waals surface area (Å²) >= 11 is 0. The van der Waals surface area contributed by atoms with Gasteiger partial charge in [0.1, 0.15) is 5.82 Å². The molecule has 178 valence electrons. The number of ether oxygens (including phenoxy) is 1. The maximum Gasteiger partial charge on any atom is 0.443 e. The first-order valence-corrected chi connectivity index (χ1v) is 11.1. The van der Waals surface area contributed by atoms with Crippen molar-refractivity contribution in [3.63, 3.8) is 0 Å². The monoisotopic (exact) mass is 478 g/mol. The lowest BCUT2D eigenvalue weighted by atomic mass is 10.1. The Morgan fingerprint density at radius 3 is 2.89 bits per heavy atom. The normalized spacial score (nSPS) is 16.3. The Labute approximate surface area is 196 Å². The number of nitrogens with one attached hydrogen (secondary N) is 2. The van der Waals surface area contributed by atoms with Gasteiger partial charge < -0.3 is 24.4 Å². The van der Waals surface area contributed by atoms with Crippen molar-refractivity contribution >= 4 is 22.6 Å². The molecule has 0 spiro atoms. The lowest BCUT2D eigenvalue weighted by molar-refractivity contribution is -0.118. The van der Waals surface area contributed by atoms with E-state index in [1.165, 1.54) is 12.1 Å². The highest BCUT2D eigenvalue weighted by Crippen LogP contribution is 2.33. The summed E-state index contributed by atoms with van der Waals surface area (Å²) < 4.78 is 27.7. The van der Waals surface area contributed by atoms with E-state index in [4.69, 9.17) is 9.15 Å². The lowest BCUT2D eigenvalue weighted by Crippen LogP contribution is -2.27. The van der Waals surface area contributed by atoms with Crippen LogP contribution in [0.2, 0.25) is 0 Å². The smallest absolute Gasteiger partial charge is 0.443 e. The molecule has 0 saturated carbocycles. The Morgan fingerprint density at radius 1 is 1.14 bits per heavy atom. The van der Waals surface area contributed by atoms with Gasteiger partial charge in [0.05, 0.1) is 11.6 Å². The van der Waals surface area contributed by atoms with Gasteiger partial charge >= 0.3 is 5.76 Å². The molecule has 1 aromatic carbocycles. The highest BCUT2D eigenvalue weighted by atomic mass is 19.1. The molecule has 0 aliphatic carbocycles. The first kappa shape index (κ1) is 21.2. The quantitative estimate of drug-likeness (QED) is 0.396. The summed E-state index contributed by atoms with van der Waals surface area (Å²) in [5, 5.41) is 10.9. The zero-order chi connectivity index (χ0) is 24.1. The molecule has 2 aliphatic heterocycles. The molecule has 1 atom stereocenters. The Hall–Kier alpha value is -4.32.